The number of hydrogen-bond donors (Lipinski definition) is 1. The lowest BCUT2D eigenvalue weighted by Gasteiger charge is -2.30. The number of fused-ring (bicyclic) bond motifs is 3. The number of nitrogens with one attached hydrogen (secondary N) is 1. The summed E-state index contributed by atoms with van der Waals surface area (Å²) in [4.78, 5) is 18.9. The third kappa shape index (κ3) is 2.34. The van der Waals surface area contributed by atoms with Gasteiger partial charge >= 0.3 is 0 Å². The second kappa shape index (κ2) is 5.11. The zero-order valence-corrected chi connectivity index (χ0v) is 12.1. The highest BCUT2D eigenvalue weighted by molar-refractivity contribution is 5.95. The summed E-state index contributed by atoms with van der Waals surface area (Å²) in [5.74, 6) is 0.779. The molecule has 1 N–H and O–H groups in total. The van der Waals surface area contributed by atoms with Crippen LogP contribution in [0.1, 0.15) is 29.1 Å². The molecule has 2 aromatic rings. The van der Waals surface area contributed by atoms with Gasteiger partial charge < -0.3 is 14.6 Å². The zero-order chi connectivity index (χ0) is 15.1. The molecule has 22 heavy (non-hydrogen) atoms. The second-order valence-corrected chi connectivity index (χ2v) is 6.15. The summed E-state index contributed by atoms with van der Waals surface area (Å²) in [5, 5.41) is 12.6. The predicted molar refractivity (Wildman–Crippen MR) is 79.1 cm³/mol. The largest absolute Gasteiger partial charge is 0.444 e. The number of hydrogen-bond acceptors (Lipinski definition) is 5. The van der Waals surface area contributed by atoms with E-state index in [1.165, 1.54) is 19.2 Å². The van der Waals surface area contributed by atoms with E-state index in [2.05, 4.69) is 15.2 Å². The Bertz CT molecular complexity index is 764. The van der Waals surface area contributed by atoms with E-state index in [1.54, 1.807) is 12.1 Å². The van der Waals surface area contributed by atoms with Crippen molar-refractivity contribution in [3.63, 3.8) is 0 Å². The molecule has 2 aliphatic heterocycles. The minimum Gasteiger partial charge on any atom is -0.444 e. The number of aromatic nitrogens is 1. The number of amides is 1. The fourth-order valence-corrected chi connectivity index (χ4v) is 3.55. The lowest BCUT2D eigenvalue weighted by atomic mass is 9.97. The molecular weight excluding hydrogens is 280 g/mol. The quantitative estimate of drug-likeness (QED) is 0.908. The van der Waals surface area contributed by atoms with Crippen LogP contribution in [0, 0.1) is 17.2 Å². The van der Waals surface area contributed by atoms with Crippen LogP contribution < -0.4 is 5.32 Å². The van der Waals surface area contributed by atoms with Crippen molar-refractivity contribution < 1.29 is 9.21 Å². The second-order valence-electron chi connectivity index (χ2n) is 6.15. The Labute approximate surface area is 127 Å². The third-order valence-electron chi connectivity index (χ3n) is 4.55. The number of carbonyl (C=O) groups is 1. The minimum atomic E-state index is -0.158. The van der Waals surface area contributed by atoms with Crippen molar-refractivity contribution in [1.29, 1.82) is 5.26 Å². The smallest absolute Gasteiger partial charge is 0.270 e. The molecule has 0 spiro atoms. The molecule has 6 nitrogen and oxygen atoms in total. The first kappa shape index (κ1) is 13.3. The highest BCUT2D eigenvalue weighted by Gasteiger charge is 2.33. The van der Waals surface area contributed by atoms with Crippen molar-refractivity contribution in [3.8, 4) is 6.07 Å². The first-order chi connectivity index (χ1) is 10.7. The lowest BCUT2D eigenvalue weighted by Crippen LogP contribution is -2.47. The Morgan fingerprint density at radius 1 is 1.45 bits per heavy atom. The summed E-state index contributed by atoms with van der Waals surface area (Å²) in [6, 6.07) is 5.44. The summed E-state index contributed by atoms with van der Waals surface area (Å²) in [6.07, 6.45) is 3.79. The lowest BCUT2D eigenvalue weighted by molar-refractivity contribution is 0.0904. The molecular formula is C16H16N4O2. The number of nitrogens with zero attached hydrogens (tertiary/aromatic N) is 3. The van der Waals surface area contributed by atoms with Gasteiger partial charge in [0.25, 0.3) is 5.91 Å². The van der Waals surface area contributed by atoms with Gasteiger partial charge in [-0.05, 0) is 31.4 Å². The van der Waals surface area contributed by atoms with Gasteiger partial charge in [0.1, 0.15) is 11.8 Å². The molecule has 2 aliphatic rings. The highest BCUT2D eigenvalue weighted by Crippen LogP contribution is 2.27. The molecule has 0 saturated carbocycles. The average Bonchev–Trinajstić information content (AvgIpc) is 3.09. The van der Waals surface area contributed by atoms with E-state index in [0.29, 0.717) is 17.2 Å². The number of pyridine rings is 1. The Morgan fingerprint density at radius 3 is 3.18 bits per heavy atom. The van der Waals surface area contributed by atoms with Crippen molar-refractivity contribution in [2.75, 3.05) is 19.6 Å². The van der Waals surface area contributed by atoms with Crippen LogP contribution in [-0.2, 0) is 0 Å². The van der Waals surface area contributed by atoms with E-state index in [1.807, 2.05) is 6.07 Å². The van der Waals surface area contributed by atoms with E-state index >= 15 is 0 Å². The Hall–Kier alpha value is -2.39. The highest BCUT2D eigenvalue weighted by atomic mass is 16.3. The van der Waals surface area contributed by atoms with Crippen LogP contribution in [0.15, 0.2) is 22.7 Å². The molecule has 2 fully saturated rings. The Morgan fingerprint density at radius 2 is 2.36 bits per heavy atom. The van der Waals surface area contributed by atoms with Gasteiger partial charge in [-0.25, -0.2) is 4.98 Å². The van der Waals surface area contributed by atoms with Crippen molar-refractivity contribution >= 4 is 16.9 Å². The van der Waals surface area contributed by atoms with Gasteiger partial charge in [-0.3, -0.25) is 4.79 Å². The molecule has 0 aromatic carbocycles. The van der Waals surface area contributed by atoms with Gasteiger partial charge in [-0.2, -0.15) is 5.26 Å². The molecule has 2 saturated heterocycles. The van der Waals surface area contributed by atoms with Crippen molar-refractivity contribution in [2.24, 2.45) is 5.92 Å². The molecule has 0 radical (unpaired) electrons. The first-order valence-corrected chi connectivity index (χ1v) is 7.54. The summed E-state index contributed by atoms with van der Waals surface area (Å²) in [7, 11) is 0. The molecule has 2 bridgehead atoms. The standard InChI is InChI=1S/C16H16N4O2/c17-6-13-4-11-5-14(18-7-15(11)22-13)16(21)19-12-3-10-1-2-20(8-10)9-12/h4-5,7,10,12H,1-3,8-9H2,(H,19,21)/t10-,12-/m1/s1. The van der Waals surface area contributed by atoms with E-state index in [4.69, 9.17) is 9.68 Å². The molecule has 0 aliphatic carbocycles. The van der Waals surface area contributed by atoms with Crippen LogP contribution in [0.4, 0.5) is 0 Å². The fraction of sp³-hybridized carbons (Fsp3) is 0.438. The van der Waals surface area contributed by atoms with E-state index in [9.17, 15) is 4.79 Å². The van der Waals surface area contributed by atoms with E-state index in [-0.39, 0.29) is 17.7 Å². The number of rotatable bonds is 2. The molecule has 3 atom stereocenters. The monoisotopic (exact) mass is 296 g/mol. The first-order valence-electron chi connectivity index (χ1n) is 7.54. The molecule has 6 heteroatoms. The van der Waals surface area contributed by atoms with Crippen LogP contribution in [0.3, 0.4) is 0 Å². The minimum absolute atomic E-state index is 0.158. The maximum Gasteiger partial charge on any atom is 0.270 e. The van der Waals surface area contributed by atoms with Crippen molar-refractivity contribution in [3.05, 3.63) is 29.8 Å². The topological polar surface area (TPSA) is 82.2 Å². The van der Waals surface area contributed by atoms with E-state index < -0.39 is 0 Å². The SMILES string of the molecule is N#Cc1cc2cc(C(=O)N[C@@H]3C[C@H]4CCN(C4)C3)ncc2o1. The van der Waals surface area contributed by atoms with Gasteiger partial charge in [-0.15, -0.1) is 0 Å². The van der Waals surface area contributed by atoms with Crippen LogP contribution in [0.2, 0.25) is 0 Å². The average molecular weight is 296 g/mol. The molecule has 4 rings (SSSR count). The van der Waals surface area contributed by atoms with Gasteiger partial charge in [0.15, 0.2) is 5.58 Å². The maximum atomic E-state index is 12.4. The number of piperidine rings is 1. The molecule has 4 heterocycles. The molecule has 1 amide bonds. The number of nitriles is 1. The summed E-state index contributed by atoms with van der Waals surface area (Å²) >= 11 is 0. The summed E-state index contributed by atoms with van der Waals surface area (Å²) in [6.45, 7) is 3.24. The maximum absolute atomic E-state index is 12.4. The molecule has 2 aromatic heterocycles. The number of furan rings is 1. The fourth-order valence-electron chi connectivity index (χ4n) is 3.55. The van der Waals surface area contributed by atoms with Crippen LogP contribution in [-0.4, -0.2) is 41.5 Å². The normalized spacial score (nSPS) is 26.8. The van der Waals surface area contributed by atoms with E-state index in [0.717, 1.165) is 24.9 Å². The third-order valence-corrected chi connectivity index (χ3v) is 4.55. The Kier molecular flexibility index (Phi) is 3.09. The summed E-state index contributed by atoms with van der Waals surface area (Å²) in [5.41, 5.74) is 0.889. The van der Waals surface area contributed by atoms with Crippen LogP contribution in [0.5, 0.6) is 0 Å². The summed E-state index contributed by atoms with van der Waals surface area (Å²) < 4.78 is 5.28. The van der Waals surface area contributed by atoms with Gasteiger partial charge in [0, 0.05) is 30.6 Å². The predicted octanol–water partition coefficient (Wildman–Crippen LogP) is 1.52. The van der Waals surface area contributed by atoms with Gasteiger partial charge in [0.05, 0.1) is 6.20 Å². The van der Waals surface area contributed by atoms with Crippen LogP contribution >= 0.6 is 0 Å². The molecule has 112 valence electrons. The zero-order valence-electron chi connectivity index (χ0n) is 12.1. The van der Waals surface area contributed by atoms with Crippen LogP contribution in [0.25, 0.3) is 11.0 Å². The van der Waals surface area contributed by atoms with Crippen molar-refractivity contribution in [2.45, 2.75) is 18.9 Å². The van der Waals surface area contributed by atoms with Crippen molar-refractivity contribution in [1.82, 2.24) is 15.2 Å². The molecule has 1 unspecified atom stereocenters. The van der Waals surface area contributed by atoms with Gasteiger partial charge in [-0.1, -0.05) is 0 Å². The number of carbonyl (C=O) groups excluding carboxylic acids is 1. The van der Waals surface area contributed by atoms with Gasteiger partial charge in [0.2, 0.25) is 5.76 Å². The Balaban J connectivity index is 1.51.